The second-order valence-corrected chi connectivity index (χ2v) is 7.11. The molecular formula is C18H15Br2NO. The lowest BCUT2D eigenvalue weighted by atomic mass is 9.84. The maximum absolute atomic E-state index is 12.1. The molecule has 0 saturated heterocycles. The van der Waals surface area contributed by atoms with Crippen LogP contribution in [-0.2, 0) is 11.3 Å². The molecule has 2 aromatic rings. The van der Waals surface area contributed by atoms with Crippen molar-refractivity contribution in [3.8, 4) is 0 Å². The molecule has 0 unspecified atom stereocenters. The van der Waals surface area contributed by atoms with Gasteiger partial charge in [-0.3, -0.25) is 4.79 Å². The normalized spacial score (nSPS) is 17.0. The Morgan fingerprint density at radius 1 is 1.18 bits per heavy atom. The molecule has 0 aromatic heterocycles. The lowest BCUT2D eigenvalue weighted by Gasteiger charge is -2.35. The summed E-state index contributed by atoms with van der Waals surface area (Å²) in [6.07, 6.45) is 1.39. The largest absolute Gasteiger partial charge is 0.334 e. The number of nitrogens with zero attached hydrogens (tertiary/aromatic N) is 1. The van der Waals surface area contributed by atoms with Crippen LogP contribution in [-0.4, -0.2) is 17.4 Å². The molecule has 1 heterocycles. The Balaban J connectivity index is 2.11. The predicted octanol–water partition coefficient (Wildman–Crippen LogP) is 4.87. The van der Waals surface area contributed by atoms with E-state index in [1.54, 1.807) is 0 Å². The van der Waals surface area contributed by atoms with Gasteiger partial charge < -0.3 is 4.90 Å². The highest BCUT2D eigenvalue weighted by Gasteiger charge is 2.29. The molecule has 4 heteroatoms. The molecular weight excluding hydrogens is 406 g/mol. The van der Waals surface area contributed by atoms with Gasteiger partial charge in [0.05, 0.1) is 0 Å². The quantitative estimate of drug-likeness (QED) is 0.634. The average Bonchev–Trinajstić information content (AvgIpc) is 2.54. The molecule has 22 heavy (non-hydrogen) atoms. The van der Waals surface area contributed by atoms with Gasteiger partial charge in [0.25, 0.3) is 0 Å². The Morgan fingerprint density at radius 3 is 2.68 bits per heavy atom. The van der Waals surface area contributed by atoms with E-state index in [0.29, 0.717) is 13.1 Å². The molecule has 0 saturated carbocycles. The van der Waals surface area contributed by atoms with Crippen molar-refractivity contribution in [3.05, 3.63) is 80.8 Å². The van der Waals surface area contributed by atoms with Gasteiger partial charge in [-0.25, -0.2) is 0 Å². The van der Waals surface area contributed by atoms with Crippen molar-refractivity contribution in [2.24, 2.45) is 0 Å². The van der Waals surface area contributed by atoms with Crippen molar-refractivity contribution in [3.63, 3.8) is 0 Å². The SMILES string of the molecule is C=CC(=O)N1Cc2ccc(Br)cc2[C@@H](c2ccccc2Br)C1. The summed E-state index contributed by atoms with van der Waals surface area (Å²) in [6.45, 7) is 4.91. The Labute approximate surface area is 147 Å². The first kappa shape index (κ1) is 15.5. The average molecular weight is 421 g/mol. The molecule has 1 atom stereocenters. The van der Waals surface area contributed by atoms with Crippen molar-refractivity contribution < 1.29 is 4.79 Å². The summed E-state index contributed by atoms with van der Waals surface area (Å²) in [4.78, 5) is 13.9. The summed E-state index contributed by atoms with van der Waals surface area (Å²) in [5, 5.41) is 0. The third-order valence-corrected chi connectivity index (χ3v) is 5.23. The van der Waals surface area contributed by atoms with Gasteiger partial charge in [0.2, 0.25) is 5.91 Å². The van der Waals surface area contributed by atoms with Crippen LogP contribution in [0.15, 0.2) is 64.1 Å². The molecule has 0 aliphatic carbocycles. The molecule has 0 bridgehead atoms. The van der Waals surface area contributed by atoms with E-state index in [1.165, 1.54) is 22.8 Å². The van der Waals surface area contributed by atoms with Gasteiger partial charge in [-0.05, 0) is 41.0 Å². The Hall–Kier alpha value is -1.39. The van der Waals surface area contributed by atoms with Gasteiger partial charge >= 0.3 is 0 Å². The molecule has 2 nitrogen and oxygen atoms in total. The number of carbonyl (C=O) groups is 1. The fraction of sp³-hybridized carbons (Fsp3) is 0.167. The van der Waals surface area contributed by atoms with Crippen LogP contribution in [0.2, 0.25) is 0 Å². The van der Waals surface area contributed by atoms with Crippen molar-refractivity contribution in [1.29, 1.82) is 0 Å². The van der Waals surface area contributed by atoms with E-state index in [1.807, 2.05) is 29.2 Å². The molecule has 0 fully saturated rings. The molecule has 1 aliphatic rings. The Morgan fingerprint density at radius 2 is 1.95 bits per heavy atom. The van der Waals surface area contributed by atoms with Gasteiger partial charge in [0, 0.05) is 28.0 Å². The van der Waals surface area contributed by atoms with Crippen molar-refractivity contribution in [2.45, 2.75) is 12.5 Å². The maximum atomic E-state index is 12.1. The predicted molar refractivity (Wildman–Crippen MR) is 95.7 cm³/mol. The van der Waals surface area contributed by atoms with Gasteiger partial charge in [-0.2, -0.15) is 0 Å². The molecule has 1 aliphatic heterocycles. The zero-order valence-corrected chi connectivity index (χ0v) is 15.1. The summed E-state index contributed by atoms with van der Waals surface area (Å²) < 4.78 is 2.13. The van der Waals surface area contributed by atoms with Gasteiger partial charge in [0.15, 0.2) is 0 Å². The zero-order valence-electron chi connectivity index (χ0n) is 11.9. The number of carbonyl (C=O) groups excluding carboxylic acids is 1. The van der Waals surface area contributed by atoms with Crippen LogP contribution in [0.5, 0.6) is 0 Å². The molecule has 2 aromatic carbocycles. The van der Waals surface area contributed by atoms with Crippen LogP contribution in [0.4, 0.5) is 0 Å². The topological polar surface area (TPSA) is 20.3 Å². The van der Waals surface area contributed by atoms with E-state index in [-0.39, 0.29) is 11.8 Å². The van der Waals surface area contributed by atoms with Crippen LogP contribution in [0.1, 0.15) is 22.6 Å². The third kappa shape index (κ3) is 2.90. The summed E-state index contributed by atoms with van der Waals surface area (Å²) >= 11 is 7.20. The van der Waals surface area contributed by atoms with Crippen LogP contribution in [0.25, 0.3) is 0 Å². The number of halogens is 2. The van der Waals surface area contributed by atoms with Gasteiger partial charge in [-0.15, -0.1) is 0 Å². The van der Waals surface area contributed by atoms with E-state index >= 15 is 0 Å². The number of amides is 1. The summed E-state index contributed by atoms with van der Waals surface area (Å²) in [7, 11) is 0. The molecule has 0 spiro atoms. The van der Waals surface area contributed by atoms with Crippen LogP contribution >= 0.6 is 31.9 Å². The van der Waals surface area contributed by atoms with E-state index in [9.17, 15) is 4.79 Å². The maximum Gasteiger partial charge on any atom is 0.246 e. The van der Waals surface area contributed by atoms with Crippen LogP contribution < -0.4 is 0 Å². The Kier molecular flexibility index (Phi) is 4.50. The molecule has 112 valence electrons. The fourth-order valence-electron chi connectivity index (χ4n) is 2.94. The summed E-state index contributed by atoms with van der Waals surface area (Å²) in [5.74, 6) is 0.131. The second kappa shape index (κ2) is 6.39. The minimum absolute atomic E-state index is 0.0226. The van der Waals surface area contributed by atoms with Crippen LogP contribution in [0, 0.1) is 0 Å². The molecule has 0 N–H and O–H groups in total. The third-order valence-electron chi connectivity index (χ3n) is 4.01. The Bertz CT molecular complexity index is 742. The summed E-state index contributed by atoms with van der Waals surface area (Å²) in [6, 6.07) is 14.5. The number of hydrogen-bond donors (Lipinski definition) is 0. The highest BCUT2D eigenvalue weighted by molar-refractivity contribution is 9.10. The first-order chi connectivity index (χ1) is 10.6. The number of rotatable bonds is 2. The van der Waals surface area contributed by atoms with Crippen LogP contribution in [0.3, 0.4) is 0 Å². The minimum atomic E-state index is -0.0226. The molecule has 3 rings (SSSR count). The standard InChI is InChI=1S/C18H15Br2NO/c1-2-18(22)21-10-12-7-8-13(19)9-15(12)16(11-21)14-5-3-4-6-17(14)20/h2-9,16H,1,10-11H2/t16-/m1/s1. The highest BCUT2D eigenvalue weighted by atomic mass is 79.9. The van der Waals surface area contributed by atoms with Crippen molar-refractivity contribution in [2.75, 3.05) is 6.54 Å². The second-order valence-electron chi connectivity index (χ2n) is 5.34. The lowest BCUT2D eigenvalue weighted by molar-refractivity contribution is -0.127. The first-order valence-corrected chi connectivity index (χ1v) is 8.63. The number of hydrogen-bond acceptors (Lipinski definition) is 1. The minimum Gasteiger partial charge on any atom is -0.334 e. The highest BCUT2D eigenvalue weighted by Crippen LogP contribution is 2.38. The van der Waals surface area contributed by atoms with Crippen molar-refractivity contribution >= 4 is 37.8 Å². The summed E-state index contributed by atoms with van der Waals surface area (Å²) in [5.41, 5.74) is 3.66. The zero-order chi connectivity index (χ0) is 15.7. The fourth-order valence-corrected chi connectivity index (χ4v) is 3.88. The van der Waals surface area contributed by atoms with Gasteiger partial charge in [0.1, 0.15) is 0 Å². The first-order valence-electron chi connectivity index (χ1n) is 7.04. The lowest BCUT2D eigenvalue weighted by Crippen LogP contribution is -2.37. The van der Waals surface area contributed by atoms with Gasteiger partial charge in [-0.1, -0.05) is 62.7 Å². The smallest absolute Gasteiger partial charge is 0.246 e. The van der Waals surface area contributed by atoms with E-state index in [2.05, 4.69) is 56.6 Å². The van der Waals surface area contributed by atoms with E-state index in [4.69, 9.17) is 0 Å². The number of benzene rings is 2. The van der Waals surface area contributed by atoms with E-state index < -0.39 is 0 Å². The number of fused-ring (bicyclic) bond motifs is 1. The van der Waals surface area contributed by atoms with Crippen molar-refractivity contribution in [1.82, 2.24) is 4.90 Å². The monoisotopic (exact) mass is 419 g/mol. The molecule has 1 amide bonds. The van der Waals surface area contributed by atoms with E-state index in [0.717, 1.165) is 8.95 Å². The molecule has 0 radical (unpaired) electrons.